The molecule has 1 heterocycles. The lowest BCUT2D eigenvalue weighted by molar-refractivity contribution is -0.325. The Labute approximate surface area is 98.8 Å². The molecule has 1 saturated heterocycles. The summed E-state index contributed by atoms with van der Waals surface area (Å²) in [6, 6.07) is 0. The Hall–Kier alpha value is -0.370. The topological polar surface area (TPSA) is 47.7 Å². The zero-order valence-electron chi connectivity index (χ0n) is 9.71. The number of likely N-dealkylation sites (tertiary alicyclic amines) is 1. The lowest BCUT2D eigenvalue weighted by atomic mass is 10.1. The van der Waals surface area contributed by atoms with Crippen LogP contribution in [0.4, 0.5) is 13.2 Å². The van der Waals surface area contributed by atoms with Crippen LogP contribution in [0.25, 0.3) is 0 Å². The van der Waals surface area contributed by atoms with E-state index in [1.54, 1.807) is 0 Å². The number of hydrogen-bond donors (Lipinski definition) is 1. The molecule has 17 heavy (non-hydrogen) atoms. The first-order chi connectivity index (χ1) is 8.01. The normalized spacial score (nSPS) is 19.8. The van der Waals surface area contributed by atoms with E-state index < -0.39 is 6.36 Å². The molecule has 4 nitrogen and oxygen atoms in total. The monoisotopic (exact) mass is 256 g/mol. The number of nitrogens with zero attached hydrogens (tertiary/aromatic N) is 1. The largest absolute Gasteiger partial charge is 0.522 e. The molecular weight excluding hydrogens is 237 g/mol. The number of alkyl halides is 3. The van der Waals surface area contributed by atoms with E-state index in [4.69, 9.17) is 10.5 Å². The van der Waals surface area contributed by atoms with Gasteiger partial charge >= 0.3 is 6.36 Å². The number of hydrogen-bond acceptors (Lipinski definition) is 4. The Kier molecular flexibility index (Phi) is 6.18. The summed E-state index contributed by atoms with van der Waals surface area (Å²) in [4.78, 5) is 1.95. The highest BCUT2D eigenvalue weighted by molar-refractivity contribution is 4.72. The van der Waals surface area contributed by atoms with Crippen molar-refractivity contribution in [1.29, 1.82) is 0 Å². The minimum Gasteiger partial charge on any atom is -0.377 e. The maximum absolute atomic E-state index is 11.7. The third-order valence-electron chi connectivity index (χ3n) is 2.68. The predicted octanol–water partition coefficient (Wildman–Crippen LogP) is 0.962. The molecule has 0 saturated carbocycles. The van der Waals surface area contributed by atoms with E-state index in [2.05, 4.69) is 4.74 Å². The van der Waals surface area contributed by atoms with Gasteiger partial charge in [-0.2, -0.15) is 0 Å². The second-order valence-corrected chi connectivity index (χ2v) is 3.99. The Morgan fingerprint density at radius 1 is 1.18 bits per heavy atom. The Bertz CT molecular complexity index is 206. The Morgan fingerprint density at radius 3 is 2.35 bits per heavy atom. The maximum Gasteiger partial charge on any atom is 0.522 e. The van der Waals surface area contributed by atoms with Gasteiger partial charge in [-0.25, -0.2) is 0 Å². The van der Waals surface area contributed by atoms with E-state index >= 15 is 0 Å². The molecule has 0 bridgehead atoms. The summed E-state index contributed by atoms with van der Waals surface area (Å²) in [5.41, 5.74) is 5.32. The zero-order chi connectivity index (χ0) is 12.7. The van der Waals surface area contributed by atoms with Crippen molar-refractivity contribution in [2.24, 2.45) is 5.73 Å². The van der Waals surface area contributed by atoms with Crippen molar-refractivity contribution in [2.75, 3.05) is 39.4 Å². The third kappa shape index (κ3) is 6.82. The highest BCUT2D eigenvalue weighted by Gasteiger charge is 2.29. The van der Waals surface area contributed by atoms with Crippen LogP contribution in [0.15, 0.2) is 0 Å². The molecule has 0 aromatic heterocycles. The van der Waals surface area contributed by atoms with Gasteiger partial charge in [-0.15, -0.1) is 13.2 Å². The van der Waals surface area contributed by atoms with Crippen molar-refractivity contribution >= 4 is 0 Å². The van der Waals surface area contributed by atoms with Gasteiger partial charge in [-0.1, -0.05) is 0 Å². The van der Waals surface area contributed by atoms with E-state index in [0.29, 0.717) is 19.7 Å². The van der Waals surface area contributed by atoms with Crippen LogP contribution in [0.1, 0.15) is 12.8 Å². The highest BCUT2D eigenvalue weighted by Crippen LogP contribution is 2.17. The first-order valence-corrected chi connectivity index (χ1v) is 5.76. The van der Waals surface area contributed by atoms with Gasteiger partial charge in [-0.3, -0.25) is 4.74 Å². The van der Waals surface area contributed by atoms with E-state index in [1.807, 2.05) is 4.90 Å². The van der Waals surface area contributed by atoms with Crippen molar-refractivity contribution in [3.05, 3.63) is 0 Å². The molecule has 1 aliphatic rings. The molecular formula is C10H19F3N2O2. The number of piperidine rings is 1. The summed E-state index contributed by atoms with van der Waals surface area (Å²) in [7, 11) is 0. The van der Waals surface area contributed by atoms with E-state index in [1.165, 1.54) is 0 Å². The SMILES string of the molecule is NCCOC1CCN(CCOC(F)(F)F)CC1. The third-order valence-corrected chi connectivity index (χ3v) is 2.68. The van der Waals surface area contributed by atoms with E-state index in [9.17, 15) is 13.2 Å². The number of nitrogens with two attached hydrogens (primary N) is 1. The summed E-state index contributed by atoms with van der Waals surface area (Å²) in [6.07, 6.45) is -2.65. The van der Waals surface area contributed by atoms with Crippen molar-refractivity contribution < 1.29 is 22.6 Å². The van der Waals surface area contributed by atoms with E-state index in [-0.39, 0.29) is 12.7 Å². The standard InChI is InChI=1S/C10H19F3N2O2/c11-10(12,13)17-8-6-15-4-1-9(2-5-15)16-7-3-14/h9H,1-8,14H2. The summed E-state index contributed by atoms with van der Waals surface area (Å²) in [6.45, 7) is 2.54. The van der Waals surface area contributed by atoms with Crippen LogP contribution in [0.2, 0.25) is 0 Å². The predicted molar refractivity (Wildman–Crippen MR) is 56.5 cm³/mol. The number of halogens is 3. The Morgan fingerprint density at radius 2 is 1.82 bits per heavy atom. The van der Waals surface area contributed by atoms with Crippen molar-refractivity contribution in [2.45, 2.75) is 25.3 Å². The lowest BCUT2D eigenvalue weighted by Gasteiger charge is -2.31. The van der Waals surface area contributed by atoms with Crippen molar-refractivity contribution in [3.8, 4) is 0 Å². The van der Waals surface area contributed by atoms with Gasteiger partial charge in [0.25, 0.3) is 0 Å². The smallest absolute Gasteiger partial charge is 0.377 e. The number of ether oxygens (including phenoxy) is 2. The van der Waals surface area contributed by atoms with Gasteiger partial charge in [0.1, 0.15) is 0 Å². The van der Waals surface area contributed by atoms with Crippen molar-refractivity contribution in [3.63, 3.8) is 0 Å². The fraction of sp³-hybridized carbons (Fsp3) is 1.00. The van der Waals surface area contributed by atoms with E-state index in [0.717, 1.165) is 25.9 Å². The fourth-order valence-electron chi connectivity index (χ4n) is 1.82. The molecule has 0 spiro atoms. The zero-order valence-corrected chi connectivity index (χ0v) is 9.71. The fourth-order valence-corrected chi connectivity index (χ4v) is 1.82. The summed E-state index contributed by atoms with van der Waals surface area (Å²) in [5, 5.41) is 0. The molecule has 1 aliphatic heterocycles. The summed E-state index contributed by atoms with van der Waals surface area (Å²) >= 11 is 0. The Balaban J connectivity index is 2.07. The van der Waals surface area contributed by atoms with Crippen LogP contribution >= 0.6 is 0 Å². The summed E-state index contributed by atoms with van der Waals surface area (Å²) in [5.74, 6) is 0. The second-order valence-electron chi connectivity index (χ2n) is 3.99. The van der Waals surface area contributed by atoms with Crippen LogP contribution in [0.5, 0.6) is 0 Å². The average molecular weight is 256 g/mol. The van der Waals surface area contributed by atoms with Crippen LogP contribution in [0, 0.1) is 0 Å². The minimum atomic E-state index is -4.53. The highest BCUT2D eigenvalue weighted by atomic mass is 19.4. The first-order valence-electron chi connectivity index (χ1n) is 5.76. The van der Waals surface area contributed by atoms with Gasteiger partial charge in [0, 0.05) is 26.2 Å². The average Bonchev–Trinajstić information content (AvgIpc) is 2.26. The summed E-state index contributed by atoms with van der Waals surface area (Å²) < 4.78 is 44.4. The van der Waals surface area contributed by atoms with Gasteiger partial charge in [0.2, 0.25) is 0 Å². The molecule has 0 amide bonds. The molecule has 2 N–H and O–H groups in total. The van der Waals surface area contributed by atoms with Gasteiger partial charge in [0.05, 0.1) is 19.3 Å². The molecule has 7 heteroatoms. The van der Waals surface area contributed by atoms with Gasteiger partial charge in [-0.05, 0) is 12.8 Å². The molecule has 102 valence electrons. The maximum atomic E-state index is 11.7. The minimum absolute atomic E-state index is 0.193. The molecule has 0 radical (unpaired) electrons. The van der Waals surface area contributed by atoms with Gasteiger partial charge in [0.15, 0.2) is 0 Å². The van der Waals surface area contributed by atoms with Crippen LogP contribution in [0.3, 0.4) is 0 Å². The molecule has 0 aliphatic carbocycles. The first kappa shape index (κ1) is 14.7. The van der Waals surface area contributed by atoms with Crippen molar-refractivity contribution in [1.82, 2.24) is 4.90 Å². The molecule has 0 aromatic rings. The van der Waals surface area contributed by atoms with Gasteiger partial charge < -0.3 is 15.4 Å². The number of rotatable bonds is 6. The van der Waals surface area contributed by atoms with Crippen LogP contribution < -0.4 is 5.73 Å². The molecule has 0 unspecified atom stereocenters. The molecule has 1 rings (SSSR count). The molecule has 1 fully saturated rings. The molecule has 0 atom stereocenters. The molecule has 0 aromatic carbocycles. The second kappa shape index (κ2) is 7.15. The van der Waals surface area contributed by atoms with Crippen LogP contribution in [-0.4, -0.2) is 56.8 Å². The lowest BCUT2D eigenvalue weighted by Crippen LogP contribution is -2.39. The quantitative estimate of drug-likeness (QED) is 0.769. The van der Waals surface area contributed by atoms with Crippen LogP contribution in [-0.2, 0) is 9.47 Å².